The van der Waals surface area contributed by atoms with E-state index >= 15 is 0 Å². The molecule has 1 aliphatic rings. The first-order chi connectivity index (χ1) is 9.20. The third-order valence-corrected chi connectivity index (χ3v) is 3.97. The highest BCUT2D eigenvalue weighted by Crippen LogP contribution is 2.24. The summed E-state index contributed by atoms with van der Waals surface area (Å²) in [5.41, 5.74) is 0. The maximum absolute atomic E-state index is 13.5. The summed E-state index contributed by atoms with van der Waals surface area (Å²) in [6, 6.07) is 6.65. The molecular formula is C14H18FNO2S. The Morgan fingerprint density at radius 2 is 2.26 bits per heavy atom. The van der Waals surface area contributed by atoms with Crippen LogP contribution in [0.5, 0.6) is 0 Å². The first-order valence-corrected chi connectivity index (χ1v) is 7.49. The fraction of sp³-hybridized carbons (Fsp3) is 0.500. The van der Waals surface area contributed by atoms with Crippen LogP contribution in [0.15, 0.2) is 29.2 Å². The van der Waals surface area contributed by atoms with Gasteiger partial charge in [-0.15, -0.1) is 11.8 Å². The fourth-order valence-corrected chi connectivity index (χ4v) is 2.66. The third kappa shape index (κ3) is 4.51. The molecule has 3 nitrogen and oxygen atoms in total. The summed E-state index contributed by atoms with van der Waals surface area (Å²) in [7, 11) is 0. The number of ether oxygens (including phenoxy) is 1. The number of hydrogen-bond donors (Lipinski definition) is 1. The van der Waals surface area contributed by atoms with E-state index in [1.807, 2.05) is 0 Å². The molecule has 1 unspecified atom stereocenters. The van der Waals surface area contributed by atoms with Gasteiger partial charge < -0.3 is 10.1 Å². The van der Waals surface area contributed by atoms with Crippen LogP contribution in [0.4, 0.5) is 4.39 Å². The quantitative estimate of drug-likeness (QED) is 0.616. The van der Waals surface area contributed by atoms with Gasteiger partial charge in [-0.25, -0.2) is 4.39 Å². The number of thioether (sulfide) groups is 1. The summed E-state index contributed by atoms with van der Waals surface area (Å²) in [6.07, 6.45) is 2.19. The van der Waals surface area contributed by atoms with Gasteiger partial charge in [-0.05, 0) is 31.9 Å². The molecule has 5 heteroatoms. The van der Waals surface area contributed by atoms with Crippen LogP contribution in [0.1, 0.15) is 19.8 Å². The minimum absolute atomic E-state index is 0.249. The van der Waals surface area contributed by atoms with Gasteiger partial charge in [0.15, 0.2) is 0 Å². The highest BCUT2D eigenvalue weighted by atomic mass is 32.2. The van der Waals surface area contributed by atoms with Gasteiger partial charge in [0.25, 0.3) is 0 Å². The smallest absolute Gasteiger partial charge is 0.324 e. The van der Waals surface area contributed by atoms with Gasteiger partial charge in [0, 0.05) is 16.7 Å². The van der Waals surface area contributed by atoms with E-state index in [0.29, 0.717) is 23.3 Å². The van der Waals surface area contributed by atoms with E-state index in [-0.39, 0.29) is 17.8 Å². The molecule has 0 bridgehead atoms. The van der Waals surface area contributed by atoms with Crippen molar-refractivity contribution in [1.29, 1.82) is 0 Å². The molecule has 19 heavy (non-hydrogen) atoms. The SMILES string of the molecule is CCOC(=O)C(CSc1ccccc1F)NC1CC1. The molecule has 1 fully saturated rings. The van der Waals surface area contributed by atoms with Gasteiger partial charge in [-0.3, -0.25) is 4.79 Å². The van der Waals surface area contributed by atoms with Crippen LogP contribution in [0.2, 0.25) is 0 Å². The van der Waals surface area contributed by atoms with E-state index in [0.717, 1.165) is 12.8 Å². The van der Waals surface area contributed by atoms with Crippen molar-refractivity contribution in [2.24, 2.45) is 0 Å². The Hall–Kier alpha value is -1.07. The minimum atomic E-state index is -0.364. The van der Waals surface area contributed by atoms with Crippen LogP contribution >= 0.6 is 11.8 Å². The molecule has 0 aromatic heterocycles. The van der Waals surface area contributed by atoms with Crippen LogP contribution in [0.25, 0.3) is 0 Å². The Kier molecular flexibility index (Phi) is 5.22. The molecule has 0 amide bonds. The van der Waals surface area contributed by atoms with Gasteiger partial charge in [-0.1, -0.05) is 12.1 Å². The van der Waals surface area contributed by atoms with Crippen LogP contribution < -0.4 is 5.32 Å². The zero-order chi connectivity index (χ0) is 13.7. The molecule has 1 saturated carbocycles. The summed E-state index contributed by atoms with van der Waals surface area (Å²) in [4.78, 5) is 12.4. The largest absolute Gasteiger partial charge is 0.465 e. The Morgan fingerprint density at radius 1 is 1.53 bits per heavy atom. The average molecular weight is 283 g/mol. The van der Waals surface area contributed by atoms with Gasteiger partial charge in [-0.2, -0.15) is 0 Å². The number of benzene rings is 1. The predicted molar refractivity (Wildman–Crippen MR) is 73.7 cm³/mol. The number of rotatable bonds is 7. The lowest BCUT2D eigenvalue weighted by atomic mass is 10.3. The summed E-state index contributed by atoms with van der Waals surface area (Å²) in [6.45, 7) is 2.15. The summed E-state index contributed by atoms with van der Waals surface area (Å²) in [5.74, 6) is -0.0178. The predicted octanol–water partition coefficient (Wildman–Crippen LogP) is 2.60. The lowest BCUT2D eigenvalue weighted by Crippen LogP contribution is -2.41. The number of carbonyl (C=O) groups excluding carboxylic acids is 1. The van der Waals surface area contributed by atoms with Crippen molar-refractivity contribution in [3.8, 4) is 0 Å². The van der Waals surface area contributed by atoms with E-state index in [4.69, 9.17) is 4.74 Å². The van der Waals surface area contributed by atoms with Crippen molar-refractivity contribution >= 4 is 17.7 Å². The van der Waals surface area contributed by atoms with Gasteiger partial charge in [0.1, 0.15) is 11.9 Å². The second-order valence-corrected chi connectivity index (χ2v) is 5.55. The monoisotopic (exact) mass is 283 g/mol. The van der Waals surface area contributed by atoms with Crippen molar-refractivity contribution in [2.45, 2.75) is 36.7 Å². The maximum atomic E-state index is 13.5. The zero-order valence-corrected chi connectivity index (χ0v) is 11.7. The second-order valence-electron chi connectivity index (χ2n) is 4.49. The van der Waals surface area contributed by atoms with Gasteiger partial charge in [0.2, 0.25) is 0 Å². The molecule has 0 spiro atoms. The van der Waals surface area contributed by atoms with Crippen LogP contribution in [0.3, 0.4) is 0 Å². The Labute approximate surface area is 116 Å². The van der Waals surface area contributed by atoms with Crippen molar-refractivity contribution in [2.75, 3.05) is 12.4 Å². The molecule has 0 saturated heterocycles. The van der Waals surface area contributed by atoms with E-state index in [1.165, 1.54) is 17.8 Å². The summed E-state index contributed by atoms with van der Waals surface area (Å²) < 4.78 is 18.5. The Morgan fingerprint density at radius 3 is 2.89 bits per heavy atom. The zero-order valence-electron chi connectivity index (χ0n) is 10.9. The van der Waals surface area contributed by atoms with E-state index in [9.17, 15) is 9.18 Å². The molecular weight excluding hydrogens is 265 g/mol. The first kappa shape index (κ1) is 14.3. The molecule has 0 heterocycles. The summed E-state index contributed by atoms with van der Waals surface area (Å²) in [5, 5.41) is 3.25. The van der Waals surface area contributed by atoms with Gasteiger partial charge in [0.05, 0.1) is 6.61 Å². The topological polar surface area (TPSA) is 38.3 Å². The second kappa shape index (κ2) is 6.91. The van der Waals surface area contributed by atoms with Crippen LogP contribution in [0, 0.1) is 5.82 Å². The van der Waals surface area contributed by atoms with Crippen LogP contribution in [-0.2, 0) is 9.53 Å². The fourth-order valence-electron chi connectivity index (χ4n) is 1.70. The highest BCUT2D eigenvalue weighted by molar-refractivity contribution is 7.99. The van der Waals surface area contributed by atoms with Crippen molar-refractivity contribution < 1.29 is 13.9 Å². The average Bonchev–Trinajstić information content (AvgIpc) is 3.20. The highest BCUT2D eigenvalue weighted by Gasteiger charge is 2.29. The molecule has 2 rings (SSSR count). The van der Waals surface area contributed by atoms with E-state index in [2.05, 4.69) is 5.32 Å². The number of nitrogens with one attached hydrogen (secondary N) is 1. The maximum Gasteiger partial charge on any atom is 0.324 e. The van der Waals surface area contributed by atoms with Crippen LogP contribution in [-0.4, -0.2) is 30.4 Å². The standard InChI is InChI=1S/C14H18FNO2S/c1-2-18-14(17)12(16-10-7-8-10)9-19-13-6-4-3-5-11(13)15/h3-6,10,12,16H,2,7-9H2,1H3. The molecule has 1 aliphatic carbocycles. The molecule has 1 aromatic carbocycles. The number of hydrogen-bond acceptors (Lipinski definition) is 4. The number of esters is 1. The number of carbonyl (C=O) groups is 1. The molecule has 1 aromatic rings. The normalized spacial score (nSPS) is 16.1. The van der Waals surface area contributed by atoms with E-state index in [1.54, 1.807) is 25.1 Å². The molecule has 104 valence electrons. The first-order valence-electron chi connectivity index (χ1n) is 6.50. The van der Waals surface area contributed by atoms with Crippen molar-refractivity contribution in [3.05, 3.63) is 30.1 Å². The number of halogens is 1. The Balaban J connectivity index is 1.91. The molecule has 1 N–H and O–H groups in total. The lowest BCUT2D eigenvalue weighted by molar-refractivity contribution is -0.145. The molecule has 1 atom stereocenters. The van der Waals surface area contributed by atoms with Crippen molar-refractivity contribution in [1.82, 2.24) is 5.32 Å². The third-order valence-electron chi connectivity index (χ3n) is 2.83. The summed E-state index contributed by atoms with van der Waals surface area (Å²) >= 11 is 1.34. The lowest BCUT2D eigenvalue weighted by Gasteiger charge is -2.16. The minimum Gasteiger partial charge on any atom is -0.465 e. The molecule has 0 radical (unpaired) electrons. The van der Waals surface area contributed by atoms with Gasteiger partial charge >= 0.3 is 5.97 Å². The van der Waals surface area contributed by atoms with E-state index < -0.39 is 0 Å². The molecule has 0 aliphatic heterocycles. The van der Waals surface area contributed by atoms with Crippen molar-refractivity contribution in [3.63, 3.8) is 0 Å². The Bertz CT molecular complexity index is 437.